The molecular weight excluding hydrogens is 380 g/mol. The highest BCUT2D eigenvalue weighted by molar-refractivity contribution is 9.09. The van der Waals surface area contributed by atoms with Gasteiger partial charge in [0.25, 0.3) is 0 Å². The first kappa shape index (κ1) is 16.9. The lowest BCUT2D eigenvalue weighted by molar-refractivity contribution is 0.390. The Balaban J connectivity index is 2.43. The van der Waals surface area contributed by atoms with Crippen molar-refractivity contribution in [3.63, 3.8) is 0 Å². The van der Waals surface area contributed by atoms with Gasteiger partial charge in [-0.25, -0.2) is 8.42 Å². The van der Waals surface area contributed by atoms with Crippen LogP contribution in [0.25, 0.3) is 0 Å². The van der Waals surface area contributed by atoms with E-state index in [2.05, 4.69) is 15.9 Å². The molecule has 0 saturated carbocycles. The second-order valence-corrected chi connectivity index (χ2v) is 8.71. The van der Waals surface area contributed by atoms with Gasteiger partial charge in [-0.1, -0.05) is 40.0 Å². The molecule has 118 valence electrons. The van der Waals surface area contributed by atoms with Gasteiger partial charge in [-0.05, 0) is 18.9 Å². The maximum Gasteiger partial charge on any atom is 0.154 e. The zero-order valence-electron chi connectivity index (χ0n) is 11.9. The highest BCUT2D eigenvalue weighted by Crippen LogP contribution is 2.45. The van der Waals surface area contributed by atoms with Gasteiger partial charge < -0.3 is 9.47 Å². The van der Waals surface area contributed by atoms with Gasteiger partial charge in [0.15, 0.2) is 9.84 Å². The highest BCUT2D eigenvalue weighted by Gasteiger charge is 2.36. The molecule has 2 unspecified atom stereocenters. The van der Waals surface area contributed by atoms with Crippen LogP contribution in [-0.4, -0.2) is 33.6 Å². The monoisotopic (exact) mass is 396 g/mol. The van der Waals surface area contributed by atoms with E-state index < -0.39 is 15.1 Å². The summed E-state index contributed by atoms with van der Waals surface area (Å²) >= 11 is 9.78. The largest absolute Gasteiger partial charge is 0.495 e. The summed E-state index contributed by atoms with van der Waals surface area (Å²) in [5, 5.41) is -0.0974. The Kier molecular flexibility index (Phi) is 5.43. The number of hydrogen-bond acceptors (Lipinski definition) is 4. The fourth-order valence-corrected chi connectivity index (χ4v) is 6.53. The van der Waals surface area contributed by atoms with Crippen molar-refractivity contribution in [3.8, 4) is 11.5 Å². The Labute approximate surface area is 138 Å². The summed E-state index contributed by atoms with van der Waals surface area (Å²) in [5.74, 6) is 1.20. The van der Waals surface area contributed by atoms with E-state index in [1.165, 1.54) is 14.2 Å². The van der Waals surface area contributed by atoms with Crippen LogP contribution in [0.15, 0.2) is 12.1 Å². The van der Waals surface area contributed by atoms with Crippen molar-refractivity contribution in [3.05, 3.63) is 22.7 Å². The summed E-state index contributed by atoms with van der Waals surface area (Å²) in [4.78, 5) is -0.346. The molecule has 1 aliphatic heterocycles. The molecule has 1 heterocycles. The Hall–Kier alpha value is -0.460. The first-order valence-electron chi connectivity index (χ1n) is 6.68. The van der Waals surface area contributed by atoms with Gasteiger partial charge in [-0.2, -0.15) is 0 Å². The number of rotatable bonds is 4. The summed E-state index contributed by atoms with van der Waals surface area (Å²) in [5.41, 5.74) is 0.735. The van der Waals surface area contributed by atoms with Gasteiger partial charge in [-0.3, -0.25) is 0 Å². The molecule has 0 aromatic heterocycles. The van der Waals surface area contributed by atoms with Crippen molar-refractivity contribution < 1.29 is 17.9 Å². The SMILES string of the molecule is COc1ccc(C(Br)C2CCCCS2(=O)=O)c(OC)c1Cl. The van der Waals surface area contributed by atoms with Crippen molar-refractivity contribution in [2.75, 3.05) is 20.0 Å². The lowest BCUT2D eigenvalue weighted by Gasteiger charge is -2.28. The highest BCUT2D eigenvalue weighted by atomic mass is 79.9. The summed E-state index contributed by atoms with van der Waals surface area (Å²) < 4.78 is 35.1. The molecule has 2 atom stereocenters. The van der Waals surface area contributed by atoms with E-state index in [-0.39, 0.29) is 10.6 Å². The topological polar surface area (TPSA) is 52.6 Å². The number of sulfone groups is 1. The molecule has 7 heteroatoms. The third-order valence-corrected chi connectivity index (χ3v) is 7.90. The van der Waals surface area contributed by atoms with E-state index in [0.717, 1.165) is 18.4 Å². The van der Waals surface area contributed by atoms with E-state index in [9.17, 15) is 8.42 Å². The third kappa shape index (κ3) is 3.32. The van der Waals surface area contributed by atoms with Crippen molar-refractivity contribution >= 4 is 37.4 Å². The molecule has 0 aliphatic carbocycles. The average Bonchev–Trinajstić information content (AvgIpc) is 2.45. The molecule has 0 N–H and O–H groups in total. The second-order valence-electron chi connectivity index (χ2n) is 5.01. The summed E-state index contributed by atoms with van der Waals surface area (Å²) in [6, 6.07) is 3.52. The van der Waals surface area contributed by atoms with Crippen LogP contribution in [0.3, 0.4) is 0 Å². The predicted octanol–water partition coefficient (Wildman–Crippen LogP) is 3.76. The Morgan fingerprint density at radius 3 is 2.57 bits per heavy atom. The van der Waals surface area contributed by atoms with Gasteiger partial charge in [0.2, 0.25) is 0 Å². The Bertz CT molecular complexity index is 618. The molecule has 1 aliphatic rings. The van der Waals surface area contributed by atoms with Crippen molar-refractivity contribution in [1.82, 2.24) is 0 Å². The average molecular weight is 398 g/mol. The minimum absolute atomic E-state index is 0.242. The van der Waals surface area contributed by atoms with Crippen molar-refractivity contribution in [1.29, 1.82) is 0 Å². The summed E-state index contributed by atoms with van der Waals surface area (Å²) in [7, 11) is -0.0627. The van der Waals surface area contributed by atoms with Gasteiger partial charge in [0.05, 0.1) is 30.0 Å². The fourth-order valence-electron chi connectivity index (χ4n) is 2.64. The van der Waals surface area contributed by atoms with Crippen LogP contribution in [0.2, 0.25) is 5.02 Å². The molecule has 0 bridgehead atoms. The van der Waals surface area contributed by atoms with Gasteiger partial charge in [0, 0.05) is 5.56 Å². The summed E-state index contributed by atoms with van der Waals surface area (Å²) in [6.45, 7) is 0. The van der Waals surface area contributed by atoms with Crippen LogP contribution in [0.4, 0.5) is 0 Å². The number of hydrogen-bond donors (Lipinski definition) is 0. The Morgan fingerprint density at radius 2 is 2.00 bits per heavy atom. The minimum Gasteiger partial charge on any atom is -0.495 e. The zero-order chi connectivity index (χ0) is 15.6. The maximum atomic E-state index is 12.3. The molecule has 1 aromatic carbocycles. The number of alkyl halides is 1. The van der Waals surface area contributed by atoms with Crippen LogP contribution >= 0.6 is 27.5 Å². The molecule has 0 amide bonds. The number of methoxy groups -OCH3 is 2. The Morgan fingerprint density at radius 1 is 1.29 bits per heavy atom. The molecule has 0 spiro atoms. The van der Waals surface area contributed by atoms with Crippen molar-refractivity contribution in [2.24, 2.45) is 0 Å². The molecule has 1 fully saturated rings. The standard InChI is InChI=1S/C14H18BrClO4S/c1-19-10-7-6-9(14(20-2)13(10)16)12(15)11-5-3-4-8-21(11,17)18/h6-7,11-12H,3-5,8H2,1-2H3. The van der Waals surface area contributed by atoms with Crippen LogP contribution < -0.4 is 9.47 Å². The van der Waals surface area contributed by atoms with Gasteiger partial charge in [0.1, 0.15) is 16.5 Å². The molecule has 4 nitrogen and oxygen atoms in total. The molecule has 21 heavy (non-hydrogen) atoms. The quantitative estimate of drug-likeness (QED) is 0.726. The molecule has 1 aromatic rings. The van der Waals surface area contributed by atoms with Crippen LogP contribution in [0.1, 0.15) is 29.7 Å². The molecule has 1 saturated heterocycles. The molecular formula is C14H18BrClO4S. The molecule has 2 rings (SSSR count). The number of benzene rings is 1. The molecule has 0 radical (unpaired) electrons. The smallest absolute Gasteiger partial charge is 0.154 e. The maximum absolute atomic E-state index is 12.3. The van der Waals surface area contributed by atoms with E-state index >= 15 is 0 Å². The number of halogens is 2. The first-order chi connectivity index (χ1) is 9.92. The second kappa shape index (κ2) is 6.75. The predicted molar refractivity (Wildman–Crippen MR) is 87.6 cm³/mol. The summed E-state index contributed by atoms with van der Waals surface area (Å²) in [6.07, 6.45) is 2.29. The van der Waals surface area contributed by atoms with Gasteiger partial charge in [-0.15, -0.1) is 0 Å². The zero-order valence-corrected chi connectivity index (χ0v) is 15.1. The van der Waals surface area contributed by atoms with Crippen LogP contribution in [-0.2, 0) is 9.84 Å². The van der Waals surface area contributed by atoms with E-state index in [1.54, 1.807) is 12.1 Å². The first-order valence-corrected chi connectivity index (χ1v) is 9.69. The van der Waals surface area contributed by atoms with Crippen LogP contribution in [0, 0.1) is 0 Å². The van der Waals surface area contributed by atoms with E-state index in [4.69, 9.17) is 21.1 Å². The lowest BCUT2D eigenvalue weighted by Crippen LogP contribution is -2.31. The van der Waals surface area contributed by atoms with E-state index in [0.29, 0.717) is 22.9 Å². The normalized spacial score (nSPS) is 22.6. The lowest BCUT2D eigenvalue weighted by atomic mass is 10.0. The van der Waals surface area contributed by atoms with Gasteiger partial charge >= 0.3 is 0 Å². The number of ether oxygens (including phenoxy) is 2. The third-order valence-electron chi connectivity index (χ3n) is 3.77. The van der Waals surface area contributed by atoms with E-state index in [1.807, 2.05) is 0 Å². The van der Waals surface area contributed by atoms with Crippen LogP contribution in [0.5, 0.6) is 11.5 Å². The van der Waals surface area contributed by atoms with Crippen molar-refractivity contribution in [2.45, 2.75) is 29.3 Å². The fraction of sp³-hybridized carbons (Fsp3) is 0.571. The minimum atomic E-state index is -3.10.